The summed E-state index contributed by atoms with van der Waals surface area (Å²) in [5, 5.41) is 0. The van der Waals surface area contributed by atoms with Gasteiger partial charge in [0.05, 0.1) is 41.2 Å². The molecule has 1 aliphatic rings. The van der Waals surface area contributed by atoms with E-state index in [0.29, 0.717) is 18.4 Å². The zero-order valence-electron chi connectivity index (χ0n) is 20.2. The summed E-state index contributed by atoms with van der Waals surface area (Å²) in [6.45, 7) is 2.11. The molecule has 0 spiro atoms. The topological polar surface area (TPSA) is 59.0 Å². The molecule has 1 aliphatic heterocycles. The molecule has 1 aromatic heterocycles. The second kappa shape index (κ2) is 11.7. The van der Waals surface area contributed by atoms with Gasteiger partial charge in [-0.25, -0.2) is 0 Å². The molecular formula is C28H33NO5. The second-order valence-corrected chi connectivity index (χ2v) is 8.60. The molecule has 0 bridgehead atoms. The molecule has 2 heterocycles. The highest BCUT2D eigenvalue weighted by Gasteiger charge is 2.29. The SMILES string of the molecule is COc1ccc(C[C@H]2COC[C@@H]2Cc2ccc(OCCc3cccnc3)c(OC)c2)cc1OC. The van der Waals surface area contributed by atoms with Crippen LogP contribution in [0.5, 0.6) is 23.0 Å². The molecule has 3 aromatic rings. The van der Waals surface area contributed by atoms with Gasteiger partial charge in [0.25, 0.3) is 0 Å². The lowest BCUT2D eigenvalue weighted by atomic mass is 9.85. The predicted octanol–water partition coefficient (Wildman–Crippen LogP) is 4.78. The van der Waals surface area contributed by atoms with Crippen molar-refractivity contribution in [2.24, 2.45) is 11.8 Å². The largest absolute Gasteiger partial charge is 0.493 e. The van der Waals surface area contributed by atoms with Crippen molar-refractivity contribution in [3.63, 3.8) is 0 Å². The molecule has 2 aromatic carbocycles. The van der Waals surface area contributed by atoms with Crippen LogP contribution in [0.15, 0.2) is 60.9 Å². The van der Waals surface area contributed by atoms with Gasteiger partial charge in [-0.2, -0.15) is 0 Å². The molecule has 180 valence electrons. The van der Waals surface area contributed by atoms with Crippen LogP contribution in [0.2, 0.25) is 0 Å². The number of benzene rings is 2. The van der Waals surface area contributed by atoms with E-state index in [0.717, 1.165) is 61.0 Å². The first-order valence-corrected chi connectivity index (χ1v) is 11.7. The third-order valence-electron chi connectivity index (χ3n) is 6.37. The van der Waals surface area contributed by atoms with Crippen LogP contribution in [0.1, 0.15) is 16.7 Å². The van der Waals surface area contributed by atoms with Crippen molar-refractivity contribution in [2.45, 2.75) is 19.3 Å². The van der Waals surface area contributed by atoms with Crippen molar-refractivity contribution < 1.29 is 23.7 Å². The quantitative estimate of drug-likeness (QED) is 0.408. The standard InChI is InChI=1S/C28H33NO5/c1-30-25-8-6-21(15-27(25)31-2)13-23-18-33-19-24(23)14-22-7-9-26(28(16-22)32-3)34-12-10-20-5-4-11-29-17-20/h4-9,11,15-17,23-24H,10,12-14,18-19H2,1-3H3/t23-,24-/m0/s1. The summed E-state index contributed by atoms with van der Waals surface area (Å²) in [4.78, 5) is 4.15. The van der Waals surface area contributed by atoms with E-state index < -0.39 is 0 Å². The van der Waals surface area contributed by atoms with Crippen LogP contribution in [0.3, 0.4) is 0 Å². The lowest BCUT2D eigenvalue weighted by Gasteiger charge is -2.19. The number of methoxy groups -OCH3 is 3. The van der Waals surface area contributed by atoms with E-state index in [1.807, 2.05) is 24.4 Å². The van der Waals surface area contributed by atoms with Gasteiger partial charge in [0.15, 0.2) is 23.0 Å². The maximum atomic E-state index is 6.00. The van der Waals surface area contributed by atoms with E-state index in [9.17, 15) is 0 Å². The fraction of sp³-hybridized carbons (Fsp3) is 0.393. The minimum absolute atomic E-state index is 0.440. The van der Waals surface area contributed by atoms with Crippen LogP contribution in [0.25, 0.3) is 0 Å². The maximum Gasteiger partial charge on any atom is 0.161 e. The number of pyridine rings is 1. The van der Waals surface area contributed by atoms with Crippen molar-refractivity contribution in [1.29, 1.82) is 0 Å². The molecule has 0 N–H and O–H groups in total. The van der Waals surface area contributed by atoms with Crippen LogP contribution >= 0.6 is 0 Å². The molecule has 1 fully saturated rings. The smallest absolute Gasteiger partial charge is 0.161 e. The van der Waals surface area contributed by atoms with E-state index in [4.69, 9.17) is 23.7 Å². The lowest BCUT2D eigenvalue weighted by molar-refractivity contribution is 0.180. The zero-order chi connectivity index (χ0) is 23.8. The van der Waals surface area contributed by atoms with E-state index in [1.165, 1.54) is 11.1 Å². The molecular weight excluding hydrogens is 430 g/mol. The van der Waals surface area contributed by atoms with Crippen LogP contribution in [0, 0.1) is 11.8 Å². The normalized spacial score (nSPS) is 17.4. The van der Waals surface area contributed by atoms with Gasteiger partial charge >= 0.3 is 0 Å². The van der Waals surface area contributed by atoms with E-state index in [1.54, 1.807) is 27.5 Å². The summed E-state index contributed by atoms with van der Waals surface area (Å²) in [6, 6.07) is 16.4. The minimum atomic E-state index is 0.440. The van der Waals surface area contributed by atoms with Gasteiger partial charge in [-0.15, -0.1) is 0 Å². The highest BCUT2D eigenvalue weighted by Crippen LogP contribution is 2.34. The Hall–Kier alpha value is -3.25. The van der Waals surface area contributed by atoms with Gasteiger partial charge in [0.1, 0.15) is 0 Å². The Morgan fingerprint density at radius 3 is 1.97 bits per heavy atom. The average molecular weight is 464 g/mol. The first-order valence-electron chi connectivity index (χ1n) is 11.7. The van der Waals surface area contributed by atoms with Crippen LogP contribution in [-0.2, 0) is 24.0 Å². The Morgan fingerprint density at radius 2 is 1.38 bits per heavy atom. The molecule has 0 radical (unpaired) electrons. The van der Waals surface area contributed by atoms with E-state index in [2.05, 4.69) is 35.3 Å². The van der Waals surface area contributed by atoms with E-state index in [-0.39, 0.29) is 0 Å². The van der Waals surface area contributed by atoms with Crippen molar-refractivity contribution in [3.05, 3.63) is 77.6 Å². The summed E-state index contributed by atoms with van der Waals surface area (Å²) in [5.41, 5.74) is 3.61. The third-order valence-corrected chi connectivity index (χ3v) is 6.37. The molecule has 0 amide bonds. The molecule has 0 unspecified atom stereocenters. The van der Waals surface area contributed by atoms with Crippen molar-refractivity contribution >= 4 is 0 Å². The zero-order valence-corrected chi connectivity index (χ0v) is 20.2. The summed E-state index contributed by atoms with van der Waals surface area (Å²) < 4.78 is 28.3. The molecule has 6 nitrogen and oxygen atoms in total. The Morgan fingerprint density at radius 1 is 0.765 bits per heavy atom. The second-order valence-electron chi connectivity index (χ2n) is 8.60. The third kappa shape index (κ3) is 6.00. The van der Waals surface area contributed by atoms with Gasteiger partial charge in [-0.05, 0) is 71.7 Å². The fourth-order valence-corrected chi connectivity index (χ4v) is 4.49. The highest BCUT2D eigenvalue weighted by molar-refractivity contribution is 5.44. The Bertz CT molecular complexity index is 1060. The van der Waals surface area contributed by atoms with Crippen molar-refractivity contribution in [3.8, 4) is 23.0 Å². The fourth-order valence-electron chi connectivity index (χ4n) is 4.49. The number of nitrogens with zero attached hydrogens (tertiary/aromatic N) is 1. The Labute approximate surface area is 201 Å². The molecule has 0 saturated carbocycles. The maximum absolute atomic E-state index is 6.00. The van der Waals surface area contributed by atoms with Gasteiger partial charge in [-0.1, -0.05) is 18.2 Å². The number of rotatable bonds is 11. The minimum Gasteiger partial charge on any atom is -0.493 e. The predicted molar refractivity (Wildman–Crippen MR) is 131 cm³/mol. The molecule has 4 rings (SSSR count). The summed E-state index contributed by atoms with van der Waals surface area (Å²) in [7, 11) is 5.01. The molecule has 34 heavy (non-hydrogen) atoms. The van der Waals surface area contributed by atoms with Gasteiger partial charge in [0, 0.05) is 18.8 Å². The lowest BCUT2D eigenvalue weighted by Crippen LogP contribution is -2.17. The highest BCUT2D eigenvalue weighted by atomic mass is 16.5. The van der Waals surface area contributed by atoms with E-state index >= 15 is 0 Å². The molecule has 2 atom stereocenters. The summed E-state index contributed by atoms with van der Waals surface area (Å²) in [5.74, 6) is 3.92. The Kier molecular flexibility index (Phi) is 8.26. The van der Waals surface area contributed by atoms with Crippen LogP contribution in [0.4, 0.5) is 0 Å². The molecule has 1 saturated heterocycles. The summed E-state index contributed by atoms with van der Waals surface area (Å²) >= 11 is 0. The van der Waals surface area contributed by atoms with Gasteiger partial charge < -0.3 is 23.7 Å². The number of ether oxygens (including phenoxy) is 5. The first kappa shape index (κ1) is 23.9. The number of aromatic nitrogens is 1. The average Bonchev–Trinajstić information content (AvgIpc) is 3.31. The number of hydrogen-bond acceptors (Lipinski definition) is 6. The summed E-state index contributed by atoms with van der Waals surface area (Å²) in [6.07, 6.45) is 6.32. The first-order chi connectivity index (χ1) is 16.7. The van der Waals surface area contributed by atoms with Gasteiger partial charge in [-0.3, -0.25) is 4.98 Å². The van der Waals surface area contributed by atoms with Crippen LogP contribution in [-0.4, -0.2) is 46.1 Å². The molecule has 0 aliphatic carbocycles. The Balaban J connectivity index is 1.37. The monoisotopic (exact) mass is 463 g/mol. The van der Waals surface area contributed by atoms with Gasteiger partial charge in [0.2, 0.25) is 0 Å². The van der Waals surface area contributed by atoms with Crippen LogP contribution < -0.4 is 18.9 Å². The number of hydrogen-bond donors (Lipinski definition) is 0. The van der Waals surface area contributed by atoms with Crippen molar-refractivity contribution in [2.75, 3.05) is 41.2 Å². The van der Waals surface area contributed by atoms with Crippen molar-refractivity contribution in [1.82, 2.24) is 4.98 Å². The molecule has 6 heteroatoms.